The summed E-state index contributed by atoms with van der Waals surface area (Å²) in [5.74, 6) is 0. The summed E-state index contributed by atoms with van der Waals surface area (Å²) in [4.78, 5) is 0. The molecule has 0 N–H and O–H groups in total. The van der Waals surface area contributed by atoms with Gasteiger partial charge in [0.05, 0.1) is 144 Å². The molecule has 0 radical (unpaired) electrons. The van der Waals surface area contributed by atoms with Crippen molar-refractivity contribution in [3.05, 3.63) is 238 Å². The Kier molecular flexibility index (Phi) is 12.5. The van der Waals surface area contributed by atoms with Crippen molar-refractivity contribution in [1.29, 1.82) is 47.4 Å². The average Bonchev–Trinajstić information content (AvgIpc) is 1.90. The van der Waals surface area contributed by atoms with Gasteiger partial charge in [-0.1, -0.05) is 36.4 Å². The maximum atomic E-state index is 16.7. The molecule has 0 spiro atoms. The van der Waals surface area contributed by atoms with Gasteiger partial charge in [0.2, 0.25) is 0 Å². The van der Waals surface area contributed by atoms with Crippen molar-refractivity contribution in [2.45, 2.75) is 6.18 Å². The Morgan fingerprint density at radius 2 is 0.548 bits per heavy atom. The molecule has 14 heteroatoms. The summed E-state index contributed by atoms with van der Waals surface area (Å²) in [6.45, 7) is 0. The van der Waals surface area contributed by atoms with Gasteiger partial charge in [-0.3, -0.25) is 0 Å². The fraction of sp³-hybridized carbons (Fsp3) is 0.0143. The molecule has 84 heavy (non-hydrogen) atoms. The van der Waals surface area contributed by atoms with Gasteiger partial charge in [-0.25, -0.2) is 0 Å². The van der Waals surface area contributed by atoms with Crippen LogP contribution in [0.4, 0.5) is 13.2 Å². The molecule has 0 saturated carbocycles. The van der Waals surface area contributed by atoms with E-state index >= 15 is 13.2 Å². The minimum absolute atomic E-state index is 0.0832. The Bertz CT molecular complexity index is 4930. The van der Waals surface area contributed by atoms with E-state index in [-0.39, 0.29) is 61.4 Å². The predicted octanol–water partition coefficient (Wildman–Crippen LogP) is 16.1. The molecule has 0 aliphatic rings. The van der Waals surface area contributed by atoms with E-state index in [2.05, 4.69) is 54.6 Å². The van der Waals surface area contributed by atoms with Crippen LogP contribution in [0, 0.1) is 102 Å². The lowest BCUT2D eigenvalue weighted by atomic mass is 9.97. The van der Waals surface area contributed by atoms with E-state index in [4.69, 9.17) is 0 Å². The molecule has 0 saturated heterocycles. The normalized spacial score (nSPS) is 10.9. The van der Waals surface area contributed by atoms with E-state index in [0.717, 1.165) is 6.07 Å². The lowest BCUT2D eigenvalue weighted by Crippen LogP contribution is -2.13. The van der Waals surface area contributed by atoms with Crippen LogP contribution >= 0.6 is 0 Å². The van der Waals surface area contributed by atoms with Gasteiger partial charge in [0.1, 0.15) is 0 Å². The minimum Gasteiger partial charge on any atom is -0.309 e. The first-order valence-corrected chi connectivity index (χ1v) is 25.5. The molecule has 0 aliphatic heterocycles. The fourth-order valence-corrected chi connectivity index (χ4v) is 11.1. The monoisotopic (exact) mass is 1080 g/mol. The van der Waals surface area contributed by atoms with Gasteiger partial charge >= 0.3 is 6.18 Å². The molecule has 2 heterocycles. The highest BCUT2D eigenvalue weighted by Crippen LogP contribution is 2.47. The summed E-state index contributed by atoms with van der Waals surface area (Å²) in [6, 6.07) is 68.1. The second-order valence-corrected chi connectivity index (χ2v) is 19.8. The summed E-state index contributed by atoms with van der Waals surface area (Å²) in [6.07, 6.45) is -5.04. The summed E-state index contributed by atoms with van der Waals surface area (Å²) in [5, 5.41) is 91.8. The standard InChI is InChI=1S/C70H30F3N11/c71-70(72,73)63-30-68(83-64-8-4-49(54-17-41(32-75)12-42(18-54)33-76)25-59(64)60-26-50(5-9-65(60)83)55-19-43(34-77)13-44(20-55)35-78)58(53-3-1-2-40(16-53)31-74)29-69(63)84-66-10-6-51(56-21-45(36-79)14-46(22-56)37-80)27-61(66)62-28-52(7-11-67(62)84)57-23-47(38-81)15-48(24-57)39-82/h1-30H. The zero-order chi connectivity index (χ0) is 58.6. The Morgan fingerprint density at radius 3 is 0.833 bits per heavy atom. The molecule has 2 aromatic heterocycles. The van der Waals surface area contributed by atoms with Gasteiger partial charge in [0, 0.05) is 27.1 Å². The lowest BCUT2D eigenvalue weighted by Gasteiger charge is -2.22. The van der Waals surface area contributed by atoms with Crippen LogP contribution in [-0.2, 0) is 6.18 Å². The molecule has 10 aromatic carbocycles. The molecular formula is C70H30F3N11. The van der Waals surface area contributed by atoms with E-state index in [1.165, 1.54) is 34.9 Å². The number of nitriles is 9. The molecule has 386 valence electrons. The maximum Gasteiger partial charge on any atom is 0.418 e. The van der Waals surface area contributed by atoms with Crippen LogP contribution in [0.2, 0.25) is 0 Å². The summed E-state index contributed by atoms with van der Waals surface area (Å²) >= 11 is 0. The number of nitrogens with zero attached hydrogens (tertiary/aromatic N) is 11. The van der Waals surface area contributed by atoms with E-state index in [0.29, 0.717) is 99.2 Å². The first kappa shape index (κ1) is 51.7. The molecule has 0 bridgehead atoms. The smallest absolute Gasteiger partial charge is 0.309 e. The van der Waals surface area contributed by atoms with Crippen LogP contribution in [0.15, 0.2) is 182 Å². The molecule has 11 nitrogen and oxygen atoms in total. The van der Waals surface area contributed by atoms with Crippen molar-refractivity contribution in [1.82, 2.24) is 9.13 Å². The van der Waals surface area contributed by atoms with E-state index in [9.17, 15) is 47.4 Å². The second-order valence-electron chi connectivity index (χ2n) is 19.8. The number of hydrogen-bond donors (Lipinski definition) is 0. The average molecular weight is 1080 g/mol. The Balaban J connectivity index is 1.19. The lowest BCUT2D eigenvalue weighted by molar-refractivity contribution is -0.137. The van der Waals surface area contributed by atoms with E-state index in [1.54, 1.807) is 138 Å². The second kappa shape index (κ2) is 20.3. The zero-order valence-corrected chi connectivity index (χ0v) is 43.4. The van der Waals surface area contributed by atoms with Crippen LogP contribution in [0.5, 0.6) is 0 Å². The number of alkyl halides is 3. The van der Waals surface area contributed by atoms with Gasteiger partial charge in [0.25, 0.3) is 0 Å². The highest BCUT2D eigenvalue weighted by atomic mass is 19.4. The van der Waals surface area contributed by atoms with Crippen molar-refractivity contribution in [3.8, 4) is 122 Å². The van der Waals surface area contributed by atoms with Crippen LogP contribution < -0.4 is 0 Å². The van der Waals surface area contributed by atoms with Gasteiger partial charge in [-0.05, 0) is 196 Å². The molecule has 0 atom stereocenters. The third-order valence-electron chi connectivity index (χ3n) is 14.8. The van der Waals surface area contributed by atoms with Gasteiger partial charge in [0.15, 0.2) is 0 Å². The largest absolute Gasteiger partial charge is 0.418 e. The highest BCUT2D eigenvalue weighted by molar-refractivity contribution is 6.14. The summed E-state index contributed by atoms with van der Waals surface area (Å²) in [7, 11) is 0. The molecule has 12 rings (SSSR count). The van der Waals surface area contributed by atoms with Gasteiger partial charge < -0.3 is 9.13 Å². The Morgan fingerprint density at radius 1 is 0.262 bits per heavy atom. The molecular weight excluding hydrogens is 1050 g/mol. The zero-order valence-electron chi connectivity index (χ0n) is 43.4. The molecule has 0 amide bonds. The highest BCUT2D eigenvalue weighted by Gasteiger charge is 2.37. The van der Waals surface area contributed by atoms with Crippen LogP contribution in [0.1, 0.15) is 55.6 Å². The SMILES string of the molecule is N#Cc1cc(C#N)cc(-c2ccc3c(c2)c2cc(-c4cc(C#N)cc(C#N)c4)ccc2n3-c2cc(C(F)(F)F)c(-n3c4ccc(-c5cc(C#N)cc(C#N)c5)cc4c4cc(-c5cc(C#N)cc(C#N)c5)ccc43)cc2-c2cccc(C#N)c2)c1. The maximum absolute atomic E-state index is 16.7. The number of benzene rings is 10. The van der Waals surface area contributed by atoms with Crippen molar-refractivity contribution in [2.24, 2.45) is 0 Å². The molecule has 0 fully saturated rings. The minimum atomic E-state index is -5.04. The third-order valence-corrected chi connectivity index (χ3v) is 14.8. The predicted molar refractivity (Wildman–Crippen MR) is 310 cm³/mol. The van der Waals surface area contributed by atoms with E-state index < -0.39 is 11.7 Å². The number of aromatic nitrogens is 2. The number of hydrogen-bond acceptors (Lipinski definition) is 9. The van der Waals surface area contributed by atoms with Crippen molar-refractivity contribution >= 4 is 43.6 Å². The first-order valence-electron chi connectivity index (χ1n) is 25.5. The van der Waals surface area contributed by atoms with Crippen LogP contribution in [-0.4, -0.2) is 9.13 Å². The number of fused-ring (bicyclic) bond motifs is 6. The van der Waals surface area contributed by atoms with E-state index in [1.807, 2.05) is 12.1 Å². The summed E-state index contributed by atoms with van der Waals surface area (Å²) in [5.41, 5.74) is 7.61. The summed E-state index contributed by atoms with van der Waals surface area (Å²) < 4.78 is 53.3. The molecule has 0 aliphatic carbocycles. The number of halogens is 3. The van der Waals surface area contributed by atoms with Crippen LogP contribution in [0.3, 0.4) is 0 Å². The first-order chi connectivity index (χ1) is 40.8. The number of rotatable bonds is 7. The Labute approximate surface area is 476 Å². The molecule has 0 unspecified atom stereocenters. The van der Waals surface area contributed by atoms with Crippen molar-refractivity contribution in [2.75, 3.05) is 0 Å². The quantitative estimate of drug-likeness (QED) is 0.148. The third kappa shape index (κ3) is 8.93. The van der Waals surface area contributed by atoms with Crippen molar-refractivity contribution < 1.29 is 13.2 Å². The van der Waals surface area contributed by atoms with Crippen LogP contribution in [0.25, 0.3) is 111 Å². The molecule has 12 aromatic rings. The topological polar surface area (TPSA) is 224 Å². The van der Waals surface area contributed by atoms with Crippen molar-refractivity contribution in [3.63, 3.8) is 0 Å². The van der Waals surface area contributed by atoms with Gasteiger partial charge in [-0.2, -0.15) is 60.5 Å². The Hall–Kier alpha value is -13.0. The van der Waals surface area contributed by atoms with Gasteiger partial charge in [-0.15, -0.1) is 0 Å². The fourth-order valence-electron chi connectivity index (χ4n) is 11.1.